The van der Waals surface area contributed by atoms with Crippen molar-refractivity contribution in [1.82, 2.24) is 0 Å². The molecule has 0 atom stereocenters. The van der Waals surface area contributed by atoms with Gasteiger partial charge in [-0.05, 0) is 22.0 Å². The minimum absolute atomic E-state index is 0.231. The highest BCUT2D eigenvalue weighted by atomic mass is 127. The van der Waals surface area contributed by atoms with Gasteiger partial charge in [0, 0.05) is 0 Å². The Bertz CT molecular complexity index is 555. The van der Waals surface area contributed by atoms with Gasteiger partial charge in [-0.15, -0.1) is 0 Å². The van der Waals surface area contributed by atoms with Crippen LogP contribution in [0.3, 0.4) is 0 Å². The molecule has 0 spiro atoms. The molecule has 0 aliphatic carbocycles. The molecule has 2 heteroatoms. The van der Waals surface area contributed by atoms with Crippen LogP contribution < -0.4 is 8.85 Å². The standard InChI is InChI=1S/2C10H13.Al.HI/c2*1-10(2,3)9-7-5-4-6-8-9;;/h2*5-8H,1-3H3;;1H/q;;+1;/p-1. The quantitative estimate of drug-likeness (QED) is 0.483. The third kappa shape index (κ3) is 4.37. The van der Waals surface area contributed by atoms with Crippen LogP contribution in [0.25, 0.3) is 0 Å². The summed E-state index contributed by atoms with van der Waals surface area (Å²) in [5.74, 6) is 0. The van der Waals surface area contributed by atoms with Crippen LogP contribution in [-0.4, -0.2) is 10.9 Å². The van der Waals surface area contributed by atoms with Gasteiger partial charge in [-0.2, -0.15) is 20.3 Å². The predicted octanol–water partition coefficient (Wildman–Crippen LogP) is 4.82. The highest BCUT2D eigenvalue weighted by Gasteiger charge is 2.21. The average molecular weight is 420 g/mol. The number of halogens is 1. The smallest absolute Gasteiger partial charge is 0.194 e. The summed E-state index contributed by atoms with van der Waals surface area (Å²) >= 11 is 2.68. The van der Waals surface area contributed by atoms with E-state index in [0.717, 1.165) is 0 Å². The normalized spacial score (nSPS) is 12.3. The highest BCUT2D eigenvalue weighted by molar-refractivity contribution is 14.1. The molecule has 0 amide bonds. The maximum absolute atomic E-state index is 2.68. The first-order chi connectivity index (χ1) is 10.1. The molecule has 22 heavy (non-hydrogen) atoms. The van der Waals surface area contributed by atoms with Crippen molar-refractivity contribution in [2.24, 2.45) is 0 Å². The molecule has 2 aromatic rings. The number of rotatable bonds is 2. The van der Waals surface area contributed by atoms with Crippen LogP contribution >= 0.6 is 20.3 Å². The van der Waals surface area contributed by atoms with E-state index < -0.39 is 10.9 Å². The van der Waals surface area contributed by atoms with Crippen LogP contribution in [0, 0.1) is 0 Å². The monoisotopic (exact) mass is 420 g/mol. The molecule has 0 aliphatic rings. The summed E-state index contributed by atoms with van der Waals surface area (Å²) in [5.41, 5.74) is 3.29. The minimum Gasteiger partial charge on any atom is -0.194 e. The second-order valence-corrected chi connectivity index (χ2v) is 13.9. The van der Waals surface area contributed by atoms with Crippen LogP contribution in [0.15, 0.2) is 48.5 Å². The first-order valence-corrected chi connectivity index (χ1v) is 13.3. The van der Waals surface area contributed by atoms with Crippen LogP contribution in [0.4, 0.5) is 0 Å². The van der Waals surface area contributed by atoms with Crippen LogP contribution in [0.1, 0.15) is 52.7 Å². The zero-order valence-electron chi connectivity index (χ0n) is 14.6. The fraction of sp³-hybridized carbons (Fsp3) is 0.400. The topological polar surface area (TPSA) is 0 Å². The van der Waals surface area contributed by atoms with Crippen molar-refractivity contribution < 1.29 is 0 Å². The first-order valence-electron chi connectivity index (χ1n) is 7.94. The molecule has 0 N–H and O–H groups in total. The Balaban J connectivity index is 2.23. The van der Waals surface area contributed by atoms with Gasteiger partial charge in [-0.25, -0.2) is 0 Å². The number of hydrogen-bond acceptors (Lipinski definition) is 0. The van der Waals surface area contributed by atoms with Crippen LogP contribution in [0.2, 0.25) is 0 Å². The maximum atomic E-state index is 2.68. The van der Waals surface area contributed by atoms with Crippen molar-refractivity contribution >= 4 is 40.0 Å². The van der Waals surface area contributed by atoms with E-state index >= 15 is 0 Å². The fourth-order valence-electron chi connectivity index (χ4n) is 2.50. The first kappa shape index (κ1) is 18.0. The zero-order chi connectivity index (χ0) is 16.5. The van der Waals surface area contributed by atoms with Crippen molar-refractivity contribution in [2.75, 3.05) is 0 Å². The molecule has 0 saturated heterocycles. The molecule has 0 aromatic heterocycles. The van der Waals surface area contributed by atoms with Gasteiger partial charge in [0.25, 0.3) is 0 Å². The molecule has 0 nitrogen and oxygen atoms in total. The second-order valence-electron chi connectivity index (χ2n) is 8.11. The van der Waals surface area contributed by atoms with E-state index in [2.05, 4.69) is 110 Å². The molecule has 116 valence electrons. The predicted molar refractivity (Wildman–Crippen MR) is 109 cm³/mol. The lowest BCUT2D eigenvalue weighted by atomic mass is 9.87. The summed E-state index contributed by atoms with van der Waals surface area (Å²) in [4.78, 5) is 0. The van der Waals surface area contributed by atoms with Crippen molar-refractivity contribution in [3.63, 3.8) is 0 Å². The Morgan fingerprint density at radius 2 is 0.864 bits per heavy atom. The van der Waals surface area contributed by atoms with Crippen molar-refractivity contribution in [3.05, 3.63) is 59.7 Å². The molecular formula is C20H26AlI. The summed E-state index contributed by atoms with van der Waals surface area (Å²) in [6.07, 6.45) is 0. The van der Waals surface area contributed by atoms with Crippen LogP contribution in [-0.2, 0) is 10.8 Å². The lowest BCUT2D eigenvalue weighted by molar-refractivity contribution is 0.590. The van der Waals surface area contributed by atoms with Gasteiger partial charge in [0.2, 0.25) is 0 Å². The molecule has 0 heterocycles. The maximum Gasteiger partial charge on any atom is 0.435 e. The van der Waals surface area contributed by atoms with E-state index in [1.54, 1.807) is 0 Å². The van der Waals surface area contributed by atoms with Crippen molar-refractivity contribution in [1.29, 1.82) is 0 Å². The molecule has 0 saturated carbocycles. The molecular weight excluding hydrogens is 394 g/mol. The van der Waals surface area contributed by atoms with E-state index in [4.69, 9.17) is 0 Å². The van der Waals surface area contributed by atoms with Gasteiger partial charge in [0.05, 0.1) is 0 Å². The van der Waals surface area contributed by atoms with Gasteiger partial charge < -0.3 is 0 Å². The summed E-state index contributed by atoms with van der Waals surface area (Å²) in [7, 11) is -1.10. The Labute approximate surface area is 151 Å². The Hall–Kier alpha value is -0.298. The summed E-state index contributed by atoms with van der Waals surface area (Å²) < 4.78 is 3.02. The average Bonchev–Trinajstić information content (AvgIpc) is 2.45. The van der Waals surface area contributed by atoms with Crippen molar-refractivity contribution in [3.8, 4) is 0 Å². The fourth-order valence-corrected chi connectivity index (χ4v) is 6.43. The van der Waals surface area contributed by atoms with Crippen LogP contribution in [0.5, 0.6) is 0 Å². The van der Waals surface area contributed by atoms with Crippen molar-refractivity contribution in [2.45, 2.75) is 52.4 Å². The Morgan fingerprint density at radius 1 is 0.591 bits per heavy atom. The largest absolute Gasteiger partial charge is 0.435 e. The molecule has 2 aromatic carbocycles. The Morgan fingerprint density at radius 3 is 1.09 bits per heavy atom. The Kier molecular flexibility index (Phi) is 5.47. The van der Waals surface area contributed by atoms with Gasteiger partial charge in [-0.1, -0.05) is 98.9 Å². The molecule has 0 radical (unpaired) electrons. The third-order valence-electron chi connectivity index (χ3n) is 4.14. The number of hydrogen-bond donors (Lipinski definition) is 0. The minimum atomic E-state index is -1.10. The SMILES string of the molecule is CC(C)(C)c1cc[c]([Al]([I])[c]2ccc(C(C)(C)C)cc2)cc1. The lowest BCUT2D eigenvalue weighted by Crippen LogP contribution is -2.36. The second kappa shape index (κ2) is 6.67. The van der Waals surface area contributed by atoms with E-state index in [9.17, 15) is 0 Å². The third-order valence-corrected chi connectivity index (χ3v) is 10.4. The van der Waals surface area contributed by atoms with Gasteiger partial charge >= 0.3 is 10.9 Å². The zero-order valence-corrected chi connectivity index (χ0v) is 17.9. The summed E-state index contributed by atoms with van der Waals surface area (Å²) in [6.45, 7) is 13.6. The van der Waals surface area contributed by atoms with E-state index in [1.165, 1.54) is 20.0 Å². The lowest BCUT2D eigenvalue weighted by Gasteiger charge is -2.20. The summed E-state index contributed by atoms with van der Waals surface area (Å²) in [5, 5.41) is 0. The molecule has 0 aliphatic heterocycles. The van der Waals surface area contributed by atoms with E-state index in [1.807, 2.05) is 0 Å². The van der Waals surface area contributed by atoms with Gasteiger partial charge in [0.15, 0.2) is 0 Å². The summed E-state index contributed by atoms with van der Waals surface area (Å²) in [6, 6.07) is 18.6. The molecule has 2 rings (SSSR count). The highest BCUT2D eigenvalue weighted by Crippen LogP contribution is 2.22. The molecule has 0 fully saturated rings. The molecule has 0 bridgehead atoms. The number of benzene rings is 2. The van der Waals surface area contributed by atoms with E-state index in [0.29, 0.717) is 0 Å². The van der Waals surface area contributed by atoms with Gasteiger partial charge in [-0.3, -0.25) is 0 Å². The van der Waals surface area contributed by atoms with E-state index in [-0.39, 0.29) is 10.8 Å². The van der Waals surface area contributed by atoms with Gasteiger partial charge in [0.1, 0.15) is 0 Å². The molecule has 0 unspecified atom stereocenters.